The van der Waals surface area contributed by atoms with E-state index in [4.69, 9.17) is 30.3 Å². The van der Waals surface area contributed by atoms with Crippen LogP contribution in [-0.2, 0) is 21.2 Å². The fourth-order valence-corrected chi connectivity index (χ4v) is 7.35. The van der Waals surface area contributed by atoms with E-state index in [1.165, 1.54) is 93.1 Å². The van der Waals surface area contributed by atoms with Gasteiger partial charge in [0.1, 0.15) is 21.3 Å². The number of ether oxygens (including phenoxy) is 2. The van der Waals surface area contributed by atoms with Crippen molar-refractivity contribution in [3.8, 4) is 23.0 Å². The van der Waals surface area contributed by atoms with E-state index in [2.05, 4.69) is 0 Å². The van der Waals surface area contributed by atoms with Crippen LogP contribution < -0.4 is 23.4 Å². The zero-order valence-electron chi connectivity index (χ0n) is 20.8. The monoisotopic (exact) mass is 609 g/mol. The summed E-state index contributed by atoms with van der Waals surface area (Å²) in [5.74, 6) is -5.51. The molecule has 0 amide bonds. The molecule has 3 rings (SSSR count). The van der Waals surface area contributed by atoms with Crippen molar-refractivity contribution in [3.63, 3.8) is 0 Å². The normalized spacial score (nSPS) is 12.3. The first kappa shape index (κ1) is 30.1. The molecule has 3 atom stereocenters. The van der Waals surface area contributed by atoms with Crippen LogP contribution in [0.5, 0.6) is 23.0 Å². The van der Waals surface area contributed by atoms with Gasteiger partial charge < -0.3 is 14.6 Å². The highest BCUT2D eigenvalue weighted by Gasteiger charge is 2.79. The maximum Gasteiger partial charge on any atom is 0.649 e. The van der Waals surface area contributed by atoms with Crippen LogP contribution in [0, 0.1) is 20.2 Å². The number of hydrogen-bond donors (Lipinski definition) is 1. The highest BCUT2D eigenvalue weighted by molar-refractivity contribution is 8.05. The molecule has 3 aromatic rings. The van der Waals surface area contributed by atoms with Crippen LogP contribution in [0.1, 0.15) is 0 Å². The molecule has 14 nitrogen and oxygen atoms in total. The van der Waals surface area contributed by atoms with E-state index in [9.17, 15) is 34.7 Å². The van der Waals surface area contributed by atoms with Crippen molar-refractivity contribution in [1.29, 1.82) is 0 Å². The number of anilines is 1. The lowest BCUT2D eigenvalue weighted by Gasteiger charge is -2.25. The van der Waals surface area contributed by atoms with Crippen molar-refractivity contribution >= 4 is 38.4 Å². The maximum atomic E-state index is 13.8. The third-order valence-corrected chi connectivity index (χ3v) is 9.77. The molecule has 208 valence electrons. The number of nitrogens with zero attached hydrogens (tertiary/aromatic N) is 3. The summed E-state index contributed by atoms with van der Waals surface area (Å²) in [6.07, 6.45) is 0. The van der Waals surface area contributed by atoms with Crippen LogP contribution in [-0.4, -0.2) is 46.5 Å². The summed E-state index contributed by atoms with van der Waals surface area (Å²) in [7, 11) is -0.385. The Kier molecular flexibility index (Phi) is 9.83. The van der Waals surface area contributed by atoms with Gasteiger partial charge in [0, 0.05) is 0 Å². The molecule has 0 spiro atoms. The van der Waals surface area contributed by atoms with E-state index in [0.717, 1.165) is 0 Å². The maximum absolute atomic E-state index is 13.8. The number of hydrogen-bond acceptors (Lipinski definition) is 12. The Balaban J connectivity index is 2.21. The van der Waals surface area contributed by atoms with E-state index >= 15 is 0 Å². The lowest BCUT2D eigenvalue weighted by atomic mass is 10.2. The Morgan fingerprint density at radius 1 is 0.850 bits per heavy atom. The number of nitro groups is 2. The molecule has 0 aliphatic rings. The molecule has 0 aliphatic heterocycles. The number of carboxylic acid groups (broad SMARTS) is 1. The summed E-state index contributed by atoms with van der Waals surface area (Å²) in [5, 5.41) is 34.4. The third kappa shape index (κ3) is 6.23. The molecule has 0 heterocycles. The zero-order valence-corrected chi connectivity index (χ0v) is 23.4. The number of aliphatic carboxylic acids is 1. The molecular formula is C23H21N3O11P2S+2. The first-order valence-electron chi connectivity index (χ1n) is 11.0. The minimum absolute atomic E-state index is 0.00842. The Labute approximate surface area is 233 Å². The van der Waals surface area contributed by atoms with Gasteiger partial charge in [-0.25, -0.2) is 9.32 Å². The van der Waals surface area contributed by atoms with Gasteiger partial charge in [-0.15, -0.1) is 4.90 Å². The van der Waals surface area contributed by atoms with Gasteiger partial charge in [0.25, 0.3) is 0 Å². The van der Waals surface area contributed by atoms with Crippen LogP contribution in [0.15, 0.2) is 78.9 Å². The van der Waals surface area contributed by atoms with Gasteiger partial charge in [0.15, 0.2) is 11.5 Å². The summed E-state index contributed by atoms with van der Waals surface area (Å²) in [5.41, 5.74) is -2.33. The highest BCUT2D eigenvalue weighted by Crippen LogP contribution is 2.52. The molecule has 0 saturated carbocycles. The van der Waals surface area contributed by atoms with Crippen molar-refractivity contribution < 1.29 is 42.8 Å². The van der Waals surface area contributed by atoms with Crippen LogP contribution in [0.2, 0.25) is 0 Å². The van der Waals surface area contributed by atoms with Gasteiger partial charge in [0.05, 0.1) is 19.9 Å². The molecule has 0 fully saturated rings. The molecule has 1 N–H and O–H groups in total. The summed E-state index contributed by atoms with van der Waals surface area (Å²) in [6, 6.07) is 18.2. The lowest BCUT2D eigenvalue weighted by molar-refractivity contribution is -0.776. The van der Waals surface area contributed by atoms with Crippen LogP contribution in [0.25, 0.3) is 0 Å². The number of methoxy groups -OCH3 is 2. The molecule has 0 aromatic heterocycles. The second-order valence-corrected chi connectivity index (χ2v) is 11.6. The SMILES string of the molecule is COc1ccc(O[P+](=O)C(N(c2ccccc2)C(C(=O)O)([N+](=O)[O-])[N+](=O)[O-])[P+](=S)Oc2ccc(OC)cc2)cc1. The average molecular weight is 609 g/mol. The topological polar surface area (TPSA) is 181 Å². The van der Waals surface area contributed by atoms with Gasteiger partial charge in [-0.3, -0.25) is 24.8 Å². The smallest absolute Gasteiger partial charge is 0.497 e. The van der Waals surface area contributed by atoms with Crippen LogP contribution in [0.3, 0.4) is 0 Å². The van der Waals surface area contributed by atoms with E-state index in [1.54, 1.807) is 0 Å². The van der Waals surface area contributed by atoms with E-state index in [1.807, 2.05) is 0 Å². The van der Waals surface area contributed by atoms with Crippen LogP contribution in [0.4, 0.5) is 5.69 Å². The van der Waals surface area contributed by atoms with E-state index < -0.39 is 42.1 Å². The Morgan fingerprint density at radius 2 is 1.27 bits per heavy atom. The molecule has 0 bridgehead atoms. The summed E-state index contributed by atoms with van der Waals surface area (Å²) in [6.45, 7) is -2.62. The van der Waals surface area contributed by atoms with Crippen LogP contribution >= 0.6 is 15.0 Å². The Morgan fingerprint density at radius 3 is 1.68 bits per heavy atom. The second kappa shape index (κ2) is 13.1. The number of carboxylic acids is 1. The highest BCUT2D eigenvalue weighted by atomic mass is 32.4. The summed E-state index contributed by atoms with van der Waals surface area (Å²) in [4.78, 5) is 33.9. The molecule has 0 radical (unpaired) electrons. The predicted octanol–water partition coefficient (Wildman–Crippen LogP) is 4.84. The zero-order chi connectivity index (χ0) is 29.4. The van der Waals surface area contributed by atoms with Gasteiger partial charge in [0.2, 0.25) is 11.8 Å². The molecule has 17 heteroatoms. The van der Waals surface area contributed by atoms with Crippen molar-refractivity contribution in [2.45, 2.75) is 11.3 Å². The van der Waals surface area contributed by atoms with Gasteiger partial charge in [-0.05, 0) is 65.2 Å². The lowest BCUT2D eigenvalue weighted by Crippen LogP contribution is -2.67. The van der Waals surface area contributed by atoms with Gasteiger partial charge >= 0.3 is 32.2 Å². The number of para-hydroxylation sites is 1. The minimum atomic E-state index is -4.05. The quantitative estimate of drug-likeness (QED) is 0.114. The summed E-state index contributed by atoms with van der Waals surface area (Å²) >= 11 is 5.49. The molecule has 3 unspecified atom stereocenters. The number of benzene rings is 3. The Bertz CT molecular complexity index is 1310. The van der Waals surface area contributed by atoms with E-state index in [0.29, 0.717) is 11.5 Å². The fraction of sp³-hybridized carbons (Fsp3) is 0.174. The fourth-order valence-electron chi connectivity index (χ4n) is 3.41. The van der Waals surface area contributed by atoms with Crippen molar-refractivity contribution in [1.82, 2.24) is 0 Å². The van der Waals surface area contributed by atoms with Crippen molar-refractivity contribution in [3.05, 3.63) is 99.1 Å². The molecular weight excluding hydrogens is 588 g/mol. The standard InChI is InChI=1S/C23H20N3O11P2S/c1-34-17-8-12-19(13-9-17)36-38(33)22(39(40)37-20-14-10-18(35-2)11-15-20)24(16-6-4-3-5-7-16)23(21(27)28,25(29)30)26(31)32/h3-15,22H,1-2H3/q+1/p+1. The second-order valence-electron chi connectivity index (χ2n) is 7.61. The largest absolute Gasteiger partial charge is 0.649 e. The van der Waals surface area contributed by atoms with Crippen molar-refractivity contribution in [2.24, 2.45) is 0 Å². The summed E-state index contributed by atoms with van der Waals surface area (Å²) < 4.78 is 35.2. The van der Waals surface area contributed by atoms with Gasteiger partial charge in [-0.2, -0.15) is 0 Å². The molecule has 0 aliphatic carbocycles. The number of rotatable bonds is 14. The molecule has 40 heavy (non-hydrogen) atoms. The first-order chi connectivity index (χ1) is 19.1. The molecule has 0 saturated heterocycles. The average Bonchev–Trinajstić information content (AvgIpc) is 2.93. The first-order valence-corrected chi connectivity index (χ1v) is 14.6. The minimum Gasteiger partial charge on any atom is -0.497 e. The third-order valence-electron chi connectivity index (χ3n) is 5.28. The van der Waals surface area contributed by atoms with Gasteiger partial charge in [-0.1, -0.05) is 18.2 Å². The van der Waals surface area contributed by atoms with E-state index in [-0.39, 0.29) is 22.1 Å². The number of carbonyl (C=O) groups is 1. The predicted molar refractivity (Wildman–Crippen MR) is 146 cm³/mol. The van der Waals surface area contributed by atoms with Crippen molar-refractivity contribution in [2.75, 3.05) is 19.1 Å². The Hall–Kier alpha value is -4.45. The molecule has 3 aromatic carbocycles.